The summed E-state index contributed by atoms with van der Waals surface area (Å²) in [4.78, 5) is 10.2. The topological polar surface area (TPSA) is 52.4 Å². The van der Waals surface area contributed by atoms with Crippen molar-refractivity contribution in [3.05, 3.63) is 66.6 Å². The van der Waals surface area contributed by atoms with Crippen LogP contribution in [0, 0.1) is 21.7 Å². The molecule has 0 unspecified atom stereocenters. The van der Waals surface area contributed by atoms with E-state index in [4.69, 9.17) is 4.74 Å². The van der Waals surface area contributed by atoms with Crippen molar-refractivity contribution < 1.29 is 18.4 Å². The first-order chi connectivity index (χ1) is 9.88. The summed E-state index contributed by atoms with van der Waals surface area (Å²) >= 11 is 5.98. The molecule has 0 bridgehead atoms. The molecule has 110 valence electrons. The zero-order chi connectivity index (χ0) is 15.6. The third-order valence-corrected chi connectivity index (χ3v) is 3.70. The van der Waals surface area contributed by atoms with Crippen molar-refractivity contribution in [1.29, 1.82) is 0 Å². The van der Waals surface area contributed by atoms with Gasteiger partial charge < -0.3 is 4.74 Å². The molecule has 0 aliphatic heterocycles. The van der Waals surface area contributed by atoms with Crippen LogP contribution in [0.4, 0.5) is 14.5 Å². The molecule has 0 radical (unpaired) electrons. The Hall–Kier alpha value is -1.54. The predicted octanol–water partition coefficient (Wildman–Crippen LogP) is 4.98. The van der Waals surface area contributed by atoms with Gasteiger partial charge in [0.1, 0.15) is 18.2 Å². The molecule has 0 atom stereocenters. The molecule has 2 rings (SSSR count). The summed E-state index contributed by atoms with van der Waals surface area (Å²) in [6, 6.07) is 6.22. The first-order valence-corrected chi connectivity index (χ1v) is 7.17. The van der Waals surface area contributed by atoms with Crippen LogP contribution < -0.4 is 4.74 Å². The van der Waals surface area contributed by atoms with Gasteiger partial charge in [-0.15, -0.1) is 0 Å². The molecule has 0 N–H and O–H groups in total. The van der Waals surface area contributed by atoms with Crippen molar-refractivity contribution in [3.8, 4) is 5.75 Å². The fraction of sp³-hybridized carbons (Fsp3) is 0.0769. The third kappa shape index (κ3) is 3.76. The van der Waals surface area contributed by atoms with Crippen molar-refractivity contribution in [2.45, 2.75) is 6.61 Å². The number of hydrogen-bond acceptors (Lipinski definition) is 3. The van der Waals surface area contributed by atoms with Gasteiger partial charge in [-0.25, -0.2) is 8.78 Å². The van der Waals surface area contributed by atoms with E-state index in [0.29, 0.717) is 4.47 Å². The number of nitrogens with zero attached hydrogens (tertiary/aromatic N) is 1. The highest BCUT2D eigenvalue weighted by atomic mass is 79.9. The van der Waals surface area contributed by atoms with E-state index < -0.39 is 22.2 Å². The van der Waals surface area contributed by atoms with Crippen LogP contribution in [0.2, 0.25) is 0 Å². The van der Waals surface area contributed by atoms with Gasteiger partial charge in [0.25, 0.3) is 0 Å². The van der Waals surface area contributed by atoms with Crippen LogP contribution in [0.25, 0.3) is 0 Å². The summed E-state index contributed by atoms with van der Waals surface area (Å²) in [6.45, 7) is -0.249. The summed E-state index contributed by atoms with van der Waals surface area (Å²) in [5, 5.41) is 10.9. The van der Waals surface area contributed by atoms with E-state index in [1.54, 1.807) is 6.07 Å². The fourth-order valence-electron chi connectivity index (χ4n) is 1.57. The SMILES string of the molecule is O=[N+]([O-])c1cc(Br)c(F)cc1OCc1ccc(Br)cc1F. The second kappa shape index (κ2) is 6.48. The van der Waals surface area contributed by atoms with E-state index >= 15 is 0 Å². The molecule has 0 aromatic heterocycles. The molecule has 0 aliphatic carbocycles. The average molecular weight is 423 g/mol. The van der Waals surface area contributed by atoms with E-state index in [-0.39, 0.29) is 22.4 Å². The van der Waals surface area contributed by atoms with Gasteiger partial charge in [-0.05, 0) is 28.1 Å². The number of ether oxygens (including phenoxy) is 1. The normalized spacial score (nSPS) is 10.5. The Morgan fingerprint density at radius 2 is 1.86 bits per heavy atom. The zero-order valence-corrected chi connectivity index (χ0v) is 13.4. The van der Waals surface area contributed by atoms with Crippen LogP contribution >= 0.6 is 31.9 Å². The minimum absolute atomic E-state index is 0.0450. The summed E-state index contributed by atoms with van der Waals surface area (Å²) in [5.41, 5.74) is -0.198. The largest absolute Gasteiger partial charge is 0.482 e. The zero-order valence-electron chi connectivity index (χ0n) is 10.3. The maximum atomic E-state index is 13.6. The van der Waals surface area contributed by atoms with Gasteiger partial charge in [-0.1, -0.05) is 22.0 Å². The highest BCUT2D eigenvalue weighted by Gasteiger charge is 2.19. The van der Waals surface area contributed by atoms with Crippen LogP contribution in [0.15, 0.2) is 39.3 Å². The molecule has 0 spiro atoms. The lowest BCUT2D eigenvalue weighted by atomic mass is 10.2. The van der Waals surface area contributed by atoms with Crippen LogP contribution in [0.3, 0.4) is 0 Å². The van der Waals surface area contributed by atoms with E-state index in [1.165, 1.54) is 12.1 Å². The Labute approximate surface area is 135 Å². The van der Waals surface area contributed by atoms with Crippen molar-refractivity contribution >= 4 is 37.5 Å². The quantitative estimate of drug-likeness (QED) is 0.515. The molecule has 0 saturated carbocycles. The molecule has 2 aromatic rings. The predicted molar refractivity (Wildman–Crippen MR) is 79.2 cm³/mol. The third-order valence-electron chi connectivity index (χ3n) is 2.60. The van der Waals surface area contributed by atoms with E-state index in [1.807, 2.05) is 0 Å². The first-order valence-electron chi connectivity index (χ1n) is 5.58. The van der Waals surface area contributed by atoms with Gasteiger partial charge >= 0.3 is 5.69 Å². The van der Waals surface area contributed by atoms with Gasteiger partial charge in [-0.2, -0.15) is 0 Å². The molecule has 0 aliphatic rings. The molecule has 0 saturated heterocycles. The maximum Gasteiger partial charge on any atom is 0.312 e. The number of nitro benzene ring substituents is 1. The minimum Gasteiger partial charge on any atom is -0.482 e. The minimum atomic E-state index is -0.702. The van der Waals surface area contributed by atoms with Crippen molar-refractivity contribution in [1.82, 2.24) is 0 Å². The van der Waals surface area contributed by atoms with Crippen molar-refractivity contribution in [2.75, 3.05) is 0 Å². The summed E-state index contributed by atoms with van der Waals surface area (Å²) < 4.78 is 32.8. The second-order valence-electron chi connectivity index (χ2n) is 4.02. The first kappa shape index (κ1) is 15.8. The number of benzene rings is 2. The molecule has 0 fully saturated rings. The maximum absolute atomic E-state index is 13.6. The number of rotatable bonds is 4. The van der Waals surface area contributed by atoms with E-state index in [2.05, 4.69) is 31.9 Å². The number of hydrogen-bond donors (Lipinski definition) is 0. The second-order valence-corrected chi connectivity index (χ2v) is 5.79. The van der Waals surface area contributed by atoms with Crippen LogP contribution in [-0.4, -0.2) is 4.92 Å². The van der Waals surface area contributed by atoms with E-state index in [0.717, 1.165) is 12.1 Å². The van der Waals surface area contributed by atoms with Crippen molar-refractivity contribution in [3.63, 3.8) is 0 Å². The van der Waals surface area contributed by atoms with Crippen LogP contribution in [-0.2, 0) is 6.61 Å². The Balaban J connectivity index is 2.27. The average Bonchev–Trinajstić information content (AvgIpc) is 2.41. The summed E-state index contributed by atoms with van der Waals surface area (Å²) in [7, 11) is 0. The lowest BCUT2D eigenvalue weighted by Crippen LogP contribution is -2.02. The van der Waals surface area contributed by atoms with Gasteiger partial charge in [0.15, 0.2) is 5.75 Å². The Kier molecular flexibility index (Phi) is 4.89. The molecule has 21 heavy (non-hydrogen) atoms. The standard InChI is InChI=1S/C13H7Br2F2NO3/c14-8-2-1-7(10(16)3-8)6-21-13-5-11(17)9(15)4-12(13)18(19)20/h1-5H,6H2. The van der Waals surface area contributed by atoms with Gasteiger partial charge in [-0.3, -0.25) is 10.1 Å². The van der Waals surface area contributed by atoms with Crippen molar-refractivity contribution in [2.24, 2.45) is 0 Å². The monoisotopic (exact) mass is 421 g/mol. The molecular weight excluding hydrogens is 416 g/mol. The molecule has 4 nitrogen and oxygen atoms in total. The van der Waals surface area contributed by atoms with Gasteiger partial charge in [0, 0.05) is 22.2 Å². The summed E-state index contributed by atoms with van der Waals surface area (Å²) in [5.74, 6) is -1.49. The van der Waals surface area contributed by atoms with Crippen LogP contribution in [0.1, 0.15) is 5.56 Å². The van der Waals surface area contributed by atoms with Gasteiger partial charge in [0.2, 0.25) is 0 Å². The van der Waals surface area contributed by atoms with Gasteiger partial charge in [0.05, 0.1) is 9.40 Å². The lowest BCUT2D eigenvalue weighted by molar-refractivity contribution is -0.386. The molecule has 0 heterocycles. The smallest absolute Gasteiger partial charge is 0.312 e. The Morgan fingerprint density at radius 3 is 2.48 bits per heavy atom. The molecule has 2 aromatic carbocycles. The lowest BCUT2D eigenvalue weighted by Gasteiger charge is -2.08. The Bertz CT molecular complexity index is 710. The molecule has 8 heteroatoms. The number of halogens is 4. The number of nitro groups is 1. The fourth-order valence-corrected chi connectivity index (χ4v) is 2.24. The highest BCUT2D eigenvalue weighted by Crippen LogP contribution is 2.33. The molecule has 0 amide bonds. The summed E-state index contributed by atoms with van der Waals surface area (Å²) in [6.07, 6.45) is 0. The molecular formula is C13H7Br2F2NO3. The highest BCUT2D eigenvalue weighted by molar-refractivity contribution is 9.10. The van der Waals surface area contributed by atoms with Crippen LogP contribution in [0.5, 0.6) is 5.75 Å². The Morgan fingerprint density at radius 1 is 1.14 bits per heavy atom. The van der Waals surface area contributed by atoms with E-state index in [9.17, 15) is 18.9 Å².